The van der Waals surface area contributed by atoms with E-state index in [2.05, 4.69) is 141 Å². The first kappa shape index (κ1) is 20.6. The van der Waals surface area contributed by atoms with Crippen LogP contribution in [-0.4, -0.2) is 5.11 Å². The second-order valence-corrected chi connectivity index (χ2v) is 17.3. The Bertz CT molecular complexity index is 1020. The van der Waals surface area contributed by atoms with Crippen LogP contribution in [0.3, 0.4) is 0 Å². The van der Waals surface area contributed by atoms with Crippen molar-refractivity contribution in [1.82, 2.24) is 0 Å². The second kappa shape index (κ2) is 8.22. The second-order valence-electron chi connectivity index (χ2n) is 7.12. The Balaban J connectivity index is 2.09. The minimum atomic E-state index is -3.08. The van der Waals surface area contributed by atoms with Crippen molar-refractivity contribution in [2.24, 2.45) is 0 Å². The first-order valence-corrected chi connectivity index (χ1v) is 14.9. The predicted octanol–water partition coefficient (Wildman–Crippen LogP) is 6.34. The van der Waals surface area contributed by atoms with Gasteiger partial charge in [-0.1, -0.05) is 0 Å². The van der Waals surface area contributed by atoms with Crippen LogP contribution in [0.25, 0.3) is 0 Å². The Hall–Kier alpha value is -1.68. The molecule has 1 nitrogen and oxygen atoms in total. The van der Waals surface area contributed by atoms with E-state index in [1.807, 2.05) is 6.07 Å². The van der Waals surface area contributed by atoms with E-state index in [1.54, 1.807) is 0 Å². The summed E-state index contributed by atoms with van der Waals surface area (Å²) >= 11 is 6.66. The quantitative estimate of drug-likeness (QED) is 0.218. The van der Waals surface area contributed by atoms with Crippen LogP contribution in [0.5, 0.6) is 5.75 Å². The van der Waals surface area contributed by atoms with E-state index in [0.29, 0.717) is 11.9 Å². The molecule has 4 aromatic carbocycles. The number of aromatic hydroxyl groups is 1. The molecule has 0 aliphatic rings. The molecule has 0 heterocycles. The summed E-state index contributed by atoms with van der Waals surface area (Å²) in [4.78, 5) is 0. The van der Waals surface area contributed by atoms with Crippen molar-refractivity contribution in [2.45, 2.75) is 6.16 Å². The average Bonchev–Trinajstić information content (AvgIpc) is 2.78. The summed E-state index contributed by atoms with van der Waals surface area (Å²) in [5.74, 6) is 0.341. The molecule has 0 atom stereocenters. The van der Waals surface area contributed by atoms with Gasteiger partial charge >= 0.3 is 195 Å². The molecule has 0 fully saturated rings. The SMILES string of the molecule is Oc1cc(I)ccc1CP(Br)(c1ccccc1)(c1ccccc1)c1ccccc1. The Morgan fingerprint density at radius 3 is 1.45 bits per heavy atom. The van der Waals surface area contributed by atoms with Crippen LogP contribution in [0.4, 0.5) is 0 Å². The van der Waals surface area contributed by atoms with Crippen molar-refractivity contribution in [1.29, 1.82) is 0 Å². The first-order chi connectivity index (χ1) is 14.0. The van der Waals surface area contributed by atoms with E-state index in [1.165, 1.54) is 15.9 Å². The van der Waals surface area contributed by atoms with Crippen LogP contribution >= 0.6 is 43.4 Å². The van der Waals surface area contributed by atoms with Crippen molar-refractivity contribution in [3.63, 3.8) is 0 Å². The third-order valence-corrected chi connectivity index (χ3v) is 15.6. The van der Waals surface area contributed by atoms with Crippen LogP contribution in [0.15, 0.2) is 109 Å². The zero-order valence-electron chi connectivity index (χ0n) is 15.7. The molecule has 146 valence electrons. The van der Waals surface area contributed by atoms with Crippen molar-refractivity contribution in [3.8, 4) is 5.75 Å². The predicted molar refractivity (Wildman–Crippen MR) is 139 cm³/mol. The van der Waals surface area contributed by atoms with E-state index in [0.717, 1.165) is 9.13 Å². The molecule has 4 aromatic rings. The van der Waals surface area contributed by atoms with Gasteiger partial charge in [-0.05, 0) is 0 Å². The molecular formula is C25H21BrIOP. The van der Waals surface area contributed by atoms with Gasteiger partial charge in [-0.3, -0.25) is 0 Å². The van der Waals surface area contributed by atoms with Gasteiger partial charge in [-0.2, -0.15) is 0 Å². The van der Waals surface area contributed by atoms with Gasteiger partial charge in [0.1, 0.15) is 0 Å². The molecule has 0 bridgehead atoms. The maximum absolute atomic E-state index is 10.8. The van der Waals surface area contributed by atoms with E-state index in [9.17, 15) is 5.11 Å². The van der Waals surface area contributed by atoms with Crippen molar-refractivity contribution < 1.29 is 5.11 Å². The molecule has 0 amide bonds. The molecular weight excluding hydrogens is 554 g/mol. The summed E-state index contributed by atoms with van der Waals surface area (Å²) < 4.78 is 1.03. The standard InChI is InChI=1S/C25H21BrIOP/c26-29(22-10-4-1-5-11-22,23-12-6-2-7-13-23,24-14-8-3-9-15-24)19-20-16-17-21(27)18-25(20)28/h1-18,28H,19H2. The topological polar surface area (TPSA) is 20.2 Å². The normalized spacial score (nSPS) is 12.8. The van der Waals surface area contributed by atoms with Gasteiger partial charge in [-0.15, -0.1) is 0 Å². The van der Waals surface area contributed by atoms with Crippen LogP contribution in [0.1, 0.15) is 5.56 Å². The number of hydrogen-bond donors (Lipinski definition) is 1. The van der Waals surface area contributed by atoms with Crippen molar-refractivity contribution in [2.75, 3.05) is 0 Å². The zero-order chi connectivity index (χ0) is 20.3. The molecule has 0 spiro atoms. The molecule has 0 saturated carbocycles. The molecule has 4 heteroatoms. The summed E-state index contributed by atoms with van der Waals surface area (Å²) in [6.45, 7) is 0. The van der Waals surface area contributed by atoms with Crippen molar-refractivity contribution >= 4 is 59.3 Å². The molecule has 0 aliphatic heterocycles. The van der Waals surface area contributed by atoms with Gasteiger partial charge in [-0.25, -0.2) is 0 Å². The molecule has 0 aromatic heterocycles. The third-order valence-electron chi connectivity index (χ3n) is 5.40. The number of phenols is 1. The number of phenolic OH excluding ortho intramolecular Hbond substituents is 1. The first-order valence-electron chi connectivity index (χ1n) is 9.39. The fourth-order valence-corrected chi connectivity index (χ4v) is 12.1. The third kappa shape index (κ3) is 3.65. The van der Waals surface area contributed by atoms with Gasteiger partial charge in [0, 0.05) is 0 Å². The Labute approximate surface area is 193 Å². The van der Waals surface area contributed by atoms with Crippen LogP contribution in [-0.2, 0) is 6.16 Å². The summed E-state index contributed by atoms with van der Waals surface area (Å²) in [5, 5.41) is 11.5. The van der Waals surface area contributed by atoms with Crippen LogP contribution < -0.4 is 15.9 Å². The number of rotatable bonds is 5. The fraction of sp³-hybridized carbons (Fsp3) is 0.0400. The zero-order valence-corrected chi connectivity index (χ0v) is 20.4. The minimum absolute atomic E-state index is 0.341. The fourth-order valence-electron chi connectivity index (χ4n) is 3.93. The summed E-state index contributed by atoms with van der Waals surface area (Å²) in [7, 11) is 0. The van der Waals surface area contributed by atoms with Crippen LogP contribution in [0.2, 0.25) is 0 Å². The number of hydrogen-bond acceptors (Lipinski definition) is 1. The van der Waals surface area contributed by atoms with Gasteiger partial charge in [0.15, 0.2) is 0 Å². The Morgan fingerprint density at radius 2 is 1.07 bits per heavy atom. The van der Waals surface area contributed by atoms with Gasteiger partial charge in [0.2, 0.25) is 0 Å². The molecule has 0 unspecified atom stereocenters. The van der Waals surface area contributed by atoms with Crippen molar-refractivity contribution in [3.05, 3.63) is 118 Å². The summed E-state index contributed by atoms with van der Waals surface area (Å²) in [6.07, 6.45) is 0.687. The van der Waals surface area contributed by atoms with Gasteiger partial charge in [0.05, 0.1) is 0 Å². The van der Waals surface area contributed by atoms with E-state index >= 15 is 0 Å². The van der Waals surface area contributed by atoms with Gasteiger partial charge in [0.25, 0.3) is 0 Å². The van der Waals surface area contributed by atoms with E-state index in [-0.39, 0.29) is 0 Å². The Morgan fingerprint density at radius 1 is 0.655 bits per heavy atom. The monoisotopic (exact) mass is 574 g/mol. The molecule has 0 saturated heterocycles. The number of benzene rings is 4. The number of halogens is 2. The van der Waals surface area contributed by atoms with E-state index in [4.69, 9.17) is 0 Å². The van der Waals surface area contributed by atoms with E-state index < -0.39 is 5.31 Å². The van der Waals surface area contributed by atoms with Gasteiger partial charge < -0.3 is 0 Å². The van der Waals surface area contributed by atoms with Crippen LogP contribution in [0, 0.1) is 3.57 Å². The molecule has 0 radical (unpaired) electrons. The molecule has 0 aliphatic carbocycles. The average molecular weight is 575 g/mol. The summed E-state index contributed by atoms with van der Waals surface area (Å²) in [6, 6.07) is 37.9. The Kier molecular flexibility index (Phi) is 5.83. The maximum atomic E-state index is 10.8. The molecule has 1 N–H and O–H groups in total. The molecule has 4 rings (SSSR count). The molecule has 29 heavy (non-hydrogen) atoms. The summed E-state index contributed by atoms with van der Waals surface area (Å²) in [5.41, 5.74) is 0.941.